The van der Waals surface area contributed by atoms with Gasteiger partial charge in [-0.25, -0.2) is 9.37 Å². The Bertz CT molecular complexity index is 1410. The second kappa shape index (κ2) is 9.81. The van der Waals surface area contributed by atoms with Crippen LogP contribution in [0.4, 0.5) is 20.3 Å². The largest absolute Gasteiger partial charge is 0.454 e. The zero-order chi connectivity index (χ0) is 24.4. The first-order valence-electron chi connectivity index (χ1n) is 10.8. The minimum atomic E-state index is -1.18. The molecule has 1 aromatic heterocycles. The number of amides is 1. The Morgan fingerprint density at radius 1 is 1.06 bits per heavy atom. The molecule has 2 heterocycles. The number of carbonyl (C=O) groups is 1. The molecule has 0 unspecified atom stereocenters. The van der Waals surface area contributed by atoms with Crippen LogP contribution in [0.2, 0.25) is 5.02 Å². The van der Waals surface area contributed by atoms with Crippen molar-refractivity contribution in [1.82, 2.24) is 9.97 Å². The zero-order valence-electron chi connectivity index (χ0n) is 18.3. The number of aromatic nitrogens is 2. The summed E-state index contributed by atoms with van der Waals surface area (Å²) in [5.41, 5.74) is 1.47. The topological polar surface area (TPSA) is 76.6 Å². The van der Waals surface area contributed by atoms with Crippen LogP contribution in [0, 0.1) is 11.6 Å². The summed E-state index contributed by atoms with van der Waals surface area (Å²) in [6.07, 6.45) is 1.69. The van der Waals surface area contributed by atoms with Crippen molar-refractivity contribution in [3.05, 3.63) is 83.0 Å². The maximum absolute atomic E-state index is 14.5. The molecule has 0 spiro atoms. The Morgan fingerprint density at radius 2 is 1.89 bits per heavy atom. The van der Waals surface area contributed by atoms with Gasteiger partial charge in [-0.15, -0.1) is 0 Å². The smallest absolute Gasteiger partial charge is 0.255 e. The molecule has 1 N–H and O–H groups in total. The third-order valence-electron chi connectivity index (χ3n) is 5.40. The van der Waals surface area contributed by atoms with Crippen LogP contribution >= 0.6 is 11.6 Å². The maximum Gasteiger partial charge on any atom is 0.255 e. The molecule has 178 valence electrons. The summed E-state index contributed by atoms with van der Waals surface area (Å²) in [6.45, 7) is 2.62. The molecular weight excluding hydrogens is 478 g/mol. The van der Waals surface area contributed by atoms with Crippen LogP contribution < -0.4 is 15.0 Å². The van der Waals surface area contributed by atoms with Crippen molar-refractivity contribution in [2.75, 3.05) is 36.5 Å². The van der Waals surface area contributed by atoms with Crippen LogP contribution in [0.1, 0.15) is 10.4 Å². The number of morpholine rings is 1. The number of anilines is 2. The van der Waals surface area contributed by atoms with Gasteiger partial charge in [-0.3, -0.25) is 9.78 Å². The first-order chi connectivity index (χ1) is 17.0. The van der Waals surface area contributed by atoms with Gasteiger partial charge in [-0.1, -0.05) is 17.7 Å². The molecule has 1 amide bonds. The minimum absolute atomic E-state index is 0.0269. The van der Waals surface area contributed by atoms with Crippen molar-refractivity contribution in [2.45, 2.75) is 0 Å². The molecule has 0 bridgehead atoms. The second-order valence-corrected chi connectivity index (χ2v) is 8.25. The van der Waals surface area contributed by atoms with Gasteiger partial charge in [-0.05, 0) is 30.3 Å². The fourth-order valence-corrected chi connectivity index (χ4v) is 3.85. The third kappa shape index (κ3) is 5.16. The number of halogens is 3. The normalized spacial score (nSPS) is 13.6. The summed E-state index contributed by atoms with van der Waals surface area (Å²) in [7, 11) is 0. The Labute approximate surface area is 204 Å². The van der Waals surface area contributed by atoms with Crippen LogP contribution in [0.15, 0.2) is 60.8 Å². The molecular formula is C25H19ClF2N4O3. The first kappa shape index (κ1) is 22.9. The average Bonchev–Trinajstić information content (AvgIpc) is 2.87. The van der Waals surface area contributed by atoms with Crippen LogP contribution in [0.25, 0.3) is 11.0 Å². The molecule has 0 aliphatic carbocycles. The number of hydrogen-bond acceptors (Lipinski definition) is 6. The molecule has 1 aliphatic heterocycles. The van der Waals surface area contributed by atoms with Gasteiger partial charge in [-0.2, -0.15) is 4.39 Å². The second-order valence-electron chi connectivity index (χ2n) is 7.81. The summed E-state index contributed by atoms with van der Waals surface area (Å²) >= 11 is 5.92. The van der Waals surface area contributed by atoms with Crippen LogP contribution in [0.3, 0.4) is 0 Å². The molecule has 1 fully saturated rings. The van der Waals surface area contributed by atoms with Crippen molar-refractivity contribution in [3.8, 4) is 11.5 Å². The van der Waals surface area contributed by atoms with E-state index in [0.717, 1.165) is 6.07 Å². The Hall–Kier alpha value is -3.82. The fourth-order valence-electron chi connectivity index (χ4n) is 3.66. The number of hydrogen-bond donors (Lipinski definition) is 1. The molecule has 4 aromatic rings. The van der Waals surface area contributed by atoms with E-state index in [-0.39, 0.29) is 22.7 Å². The number of fused-ring (bicyclic) bond motifs is 1. The van der Waals surface area contributed by atoms with Crippen LogP contribution in [-0.4, -0.2) is 42.2 Å². The first-order valence-corrected chi connectivity index (χ1v) is 11.2. The van der Waals surface area contributed by atoms with Crippen molar-refractivity contribution in [3.63, 3.8) is 0 Å². The van der Waals surface area contributed by atoms with Crippen molar-refractivity contribution >= 4 is 40.0 Å². The van der Waals surface area contributed by atoms with Crippen molar-refractivity contribution < 1.29 is 23.0 Å². The fraction of sp³-hybridized carbons (Fsp3) is 0.160. The van der Waals surface area contributed by atoms with E-state index in [1.54, 1.807) is 42.6 Å². The molecule has 1 aliphatic rings. The van der Waals surface area contributed by atoms with E-state index in [4.69, 9.17) is 21.1 Å². The molecule has 10 heteroatoms. The van der Waals surface area contributed by atoms with E-state index >= 15 is 0 Å². The molecule has 7 nitrogen and oxygen atoms in total. The number of benzene rings is 3. The molecule has 5 rings (SSSR count). The van der Waals surface area contributed by atoms with E-state index in [2.05, 4.69) is 20.2 Å². The van der Waals surface area contributed by atoms with E-state index in [1.807, 2.05) is 0 Å². The van der Waals surface area contributed by atoms with Gasteiger partial charge in [0.2, 0.25) is 5.82 Å². The van der Waals surface area contributed by atoms with Gasteiger partial charge in [0.25, 0.3) is 5.91 Å². The highest BCUT2D eigenvalue weighted by atomic mass is 35.5. The van der Waals surface area contributed by atoms with Gasteiger partial charge in [0.15, 0.2) is 11.6 Å². The molecule has 1 saturated heterocycles. The lowest BCUT2D eigenvalue weighted by atomic mass is 10.2. The lowest BCUT2D eigenvalue weighted by molar-refractivity contribution is 0.102. The number of nitrogens with zero attached hydrogens (tertiary/aromatic N) is 3. The lowest BCUT2D eigenvalue weighted by Gasteiger charge is -2.27. The van der Waals surface area contributed by atoms with E-state index in [9.17, 15) is 13.6 Å². The number of carbonyl (C=O) groups excluding carboxylic acids is 1. The standard InChI is InChI=1S/C25H19ClF2N4O3/c26-16-3-1-2-15(10-16)25(33)30-17-11-19(27)24(28)22(12-17)35-18-4-5-20-21(13-18)31-23(14-29-20)32-6-8-34-9-7-32/h1-5,10-14H,6-9H2,(H,30,33). The Kier molecular flexibility index (Phi) is 6.43. The highest BCUT2D eigenvalue weighted by Crippen LogP contribution is 2.31. The SMILES string of the molecule is O=C(Nc1cc(F)c(F)c(Oc2ccc3ncc(N4CCOCC4)nc3c2)c1)c1cccc(Cl)c1. The number of rotatable bonds is 5. The highest BCUT2D eigenvalue weighted by molar-refractivity contribution is 6.31. The van der Waals surface area contributed by atoms with Gasteiger partial charge in [0.05, 0.1) is 30.4 Å². The summed E-state index contributed by atoms with van der Waals surface area (Å²) in [5, 5.41) is 2.91. The Balaban J connectivity index is 1.40. The molecule has 3 aromatic carbocycles. The van der Waals surface area contributed by atoms with Crippen molar-refractivity contribution in [2.24, 2.45) is 0 Å². The Morgan fingerprint density at radius 3 is 2.69 bits per heavy atom. The summed E-state index contributed by atoms with van der Waals surface area (Å²) < 4.78 is 39.8. The van der Waals surface area contributed by atoms with Crippen LogP contribution in [0.5, 0.6) is 11.5 Å². The maximum atomic E-state index is 14.5. The summed E-state index contributed by atoms with van der Waals surface area (Å²) in [5.74, 6) is -2.33. The van der Waals surface area contributed by atoms with Gasteiger partial charge < -0.3 is 19.7 Å². The molecule has 0 radical (unpaired) electrons. The molecule has 35 heavy (non-hydrogen) atoms. The van der Waals surface area contributed by atoms with Gasteiger partial charge in [0.1, 0.15) is 11.6 Å². The van der Waals surface area contributed by atoms with Crippen molar-refractivity contribution in [1.29, 1.82) is 0 Å². The van der Waals surface area contributed by atoms with Gasteiger partial charge in [0, 0.05) is 47.6 Å². The van der Waals surface area contributed by atoms with Gasteiger partial charge >= 0.3 is 0 Å². The molecule has 0 atom stereocenters. The van der Waals surface area contributed by atoms with E-state index < -0.39 is 17.5 Å². The number of nitrogens with one attached hydrogen (secondary N) is 1. The monoisotopic (exact) mass is 496 g/mol. The number of ether oxygens (including phenoxy) is 2. The zero-order valence-corrected chi connectivity index (χ0v) is 19.1. The predicted octanol–water partition coefficient (Wildman–Crippen LogP) is 5.44. The lowest BCUT2D eigenvalue weighted by Crippen LogP contribution is -2.36. The van der Waals surface area contributed by atoms with Crippen LogP contribution in [-0.2, 0) is 4.74 Å². The molecule has 0 saturated carbocycles. The highest BCUT2D eigenvalue weighted by Gasteiger charge is 2.17. The minimum Gasteiger partial charge on any atom is -0.454 e. The van der Waals surface area contributed by atoms with E-state index in [1.165, 1.54) is 12.1 Å². The predicted molar refractivity (Wildman–Crippen MR) is 128 cm³/mol. The summed E-state index contributed by atoms with van der Waals surface area (Å²) in [6, 6.07) is 13.2. The third-order valence-corrected chi connectivity index (χ3v) is 5.64. The average molecular weight is 497 g/mol. The quantitative estimate of drug-likeness (QED) is 0.396. The summed E-state index contributed by atoms with van der Waals surface area (Å²) in [4.78, 5) is 23.6. The van der Waals surface area contributed by atoms with E-state index in [0.29, 0.717) is 48.2 Å².